The Morgan fingerprint density at radius 1 is 1.33 bits per heavy atom. The number of fused-ring (bicyclic) bond motifs is 2. The Balaban J connectivity index is 1.41. The van der Waals surface area contributed by atoms with Crippen molar-refractivity contribution in [1.82, 2.24) is 44.5 Å². The number of H-pyrrole nitrogens is 1. The van der Waals surface area contributed by atoms with E-state index in [1.54, 1.807) is 32.7 Å². The van der Waals surface area contributed by atoms with Gasteiger partial charge in [-0.1, -0.05) is 11.6 Å². The molecule has 1 atom stereocenters. The maximum absolute atomic E-state index is 13.5. The van der Waals surface area contributed by atoms with Crippen LogP contribution in [0.25, 0.3) is 17.0 Å². The molecule has 0 aliphatic carbocycles. The molecule has 5 aromatic rings. The van der Waals surface area contributed by atoms with Crippen LogP contribution in [0.1, 0.15) is 39.5 Å². The number of aryl methyl sites for hydroxylation is 1. The summed E-state index contributed by atoms with van der Waals surface area (Å²) in [5, 5.41) is 17.5. The van der Waals surface area contributed by atoms with Crippen molar-refractivity contribution in [2.45, 2.75) is 19.4 Å². The summed E-state index contributed by atoms with van der Waals surface area (Å²) in [6.07, 6.45) is 5.70. The van der Waals surface area contributed by atoms with E-state index >= 15 is 0 Å². The molecule has 166 valence electrons. The minimum atomic E-state index is -0.529. The highest BCUT2D eigenvalue weighted by molar-refractivity contribution is 6.33. The van der Waals surface area contributed by atoms with Crippen LogP contribution < -0.4 is 0 Å². The van der Waals surface area contributed by atoms with Crippen molar-refractivity contribution in [2.75, 3.05) is 6.54 Å². The molecule has 0 saturated carbocycles. The van der Waals surface area contributed by atoms with E-state index in [1.165, 1.54) is 0 Å². The van der Waals surface area contributed by atoms with Crippen LogP contribution in [0, 0.1) is 6.92 Å². The molecule has 1 aliphatic rings. The maximum atomic E-state index is 13.5. The van der Waals surface area contributed by atoms with Crippen LogP contribution in [0.3, 0.4) is 0 Å². The fourth-order valence-electron chi connectivity index (χ4n) is 4.18. The number of halogens is 1. The van der Waals surface area contributed by atoms with E-state index in [0.717, 1.165) is 22.6 Å². The molecule has 0 spiro atoms. The fraction of sp³-hybridized carbons (Fsp3) is 0.238. The number of aromatic nitrogens is 8. The molecule has 33 heavy (non-hydrogen) atoms. The van der Waals surface area contributed by atoms with Gasteiger partial charge in [-0.05, 0) is 25.1 Å². The van der Waals surface area contributed by atoms with Gasteiger partial charge in [-0.25, -0.2) is 9.50 Å². The highest BCUT2D eigenvalue weighted by Crippen LogP contribution is 2.35. The van der Waals surface area contributed by atoms with E-state index in [0.29, 0.717) is 29.2 Å². The number of imidazole rings is 1. The smallest absolute Gasteiger partial charge is 0.312 e. The second-order valence-corrected chi connectivity index (χ2v) is 8.26. The normalized spacial score (nSPS) is 15.8. The molecule has 0 bridgehead atoms. The monoisotopic (exact) mass is 463 g/mol. The van der Waals surface area contributed by atoms with Crippen LogP contribution >= 0.6 is 11.6 Å². The molecule has 11 nitrogen and oxygen atoms in total. The van der Waals surface area contributed by atoms with Gasteiger partial charge in [0, 0.05) is 37.6 Å². The highest BCUT2D eigenvalue weighted by atomic mass is 35.5. The third kappa shape index (κ3) is 3.04. The first-order chi connectivity index (χ1) is 16.0. The number of aromatic amines is 1. The van der Waals surface area contributed by atoms with Crippen molar-refractivity contribution in [2.24, 2.45) is 7.05 Å². The number of carbonyl (C=O) groups is 1. The summed E-state index contributed by atoms with van der Waals surface area (Å²) in [6, 6.07) is 4.96. The summed E-state index contributed by atoms with van der Waals surface area (Å²) in [4.78, 5) is 22.9. The van der Waals surface area contributed by atoms with Crippen molar-refractivity contribution in [1.29, 1.82) is 0 Å². The molecule has 1 amide bonds. The summed E-state index contributed by atoms with van der Waals surface area (Å²) < 4.78 is 9.16. The van der Waals surface area contributed by atoms with Gasteiger partial charge >= 0.3 is 11.8 Å². The zero-order chi connectivity index (χ0) is 22.7. The minimum Gasteiger partial charge on any atom is -0.412 e. The molecule has 6 rings (SSSR count). The van der Waals surface area contributed by atoms with Gasteiger partial charge in [0.15, 0.2) is 0 Å². The van der Waals surface area contributed by atoms with E-state index in [4.69, 9.17) is 16.0 Å². The summed E-state index contributed by atoms with van der Waals surface area (Å²) in [7, 11) is 1.82. The largest absolute Gasteiger partial charge is 0.412 e. The van der Waals surface area contributed by atoms with E-state index in [2.05, 4.69) is 30.4 Å². The van der Waals surface area contributed by atoms with Crippen molar-refractivity contribution < 1.29 is 9.21 Å². The van der Waals surface area contributed by atoms with E-state index in [9.17, 15) is 4.79 Å². The molecular formula is C21H18ClN9O2. The quantitative estimate of drug-likeness (QED) is 0.436. The summed E-state index contributed by atoms with van der Waals surface area (Å²) in [6.45, 7) is 2.33. The first-order valence-corrected chi connectivity index (χ1v) is 10.7. The molecule has 0 aromatic carbocycles. The lowest BCUT2D eigenvalue weighted by Gasteiger charge is -2.32. The zero-order valence-corrected chi connectivity index (χ0v) is 18.5. The summed E-state index contributed by atoms with van der Waals surface area (Å²) in [5.74, 6) is -0.242. The number of amides is 1. The third-order valence-electron chi connectivity index (χ3n) is 6.01. The highest BCUT2D eigenvalue weighted by Gasteiger charge is 2.38. The molecule has 1 N–H and O–H groups in total. The van der Waals surface area contributed by atoms with Crippen molar-refractivity contribution in [3.63, 3.8) is 0 Å². The summed E-state index contributed by atoms with van der Waals surface area (Å²) >= 11 is 6.36. The Hall–Kier alpha value is -3.99. The van der Waals surface area contributed by atoms with Crippen LogP contribution in [0.5, 0.6) is 0 Å². The molecule has 0 saturated heterocycles. The first kappa shape index (κ1) is 19.7. The number of pyridine rings is 1. The van der Waals surface area contributed by atoms with Crippen LogP contribution in [-0.2, 0) is 13.5 Å². The average Bonchev–Trinajstić information content (AvgIpc) is 3.60. The number of hydrogen-bond acceptors (Lipinski definition) is 7. The number of carbonyl (C=O) groups excluding carboxylic acids is 1. The van der Waals surface area contributed by atoms with Crippen molar-refractivity contribution >= 4 is 23.0 Å². The van der Waals surface area contributed by atoms with Gasteiger partial charge in [-0.3, -0.25) is 9.48 Å². The molecule has 5 aromatic heterocycles. The predicted octanol–water partition coefficient (Wildman–Crippen LogP) is 2.59. The van der Waals surface area contributed by atoms with Crippen molar-refractivity contribution in [3.05, 3.63) is 70.6 Å². The molecule has 6 heterocycles. The lowest BCUT2D eigenvalue weighted by molar-refractivity contribution is 0.0646. The molecule has 1 aliphatic heterocycles. The maximum Gasteiger partial charge on any atom is 0.312 e. The molecular weight excluding hydrogens is 446 g/mol. The standard InChI is InChI=1S/C21H18ClN9O2/c1-11-12(9-25-29(11)2)19-26-27-20(33-19)21(32)30-7-5-14-17(24-10-23-14)18(30)15-8-16-13(22)4-3-6-31(16)28-15/h3-4,6,8-10,18H,5,7H2,1-2H3,(H,23,24). The second kappa shape index (κ2) is 7.27. The van der Waals surface area contributed by atoms with Crippen LogP contribution in [0.4, 0.5) is 0 Å². The van der Waals surface area contributed by atoms with Crippen LogP contribution in [-0.4, -0.2) is 56.9 Å². The molecule has 0 fully saturated rings. The Bertz CT molecular complexity index is 1510. The number of hydrogen-bond donors (Lipinski definition) is 1. The Kier molecular flexibility index (Phi) is 4.34. The molecule has 12 heteroatoms. The van der Waals surface area contributed by atoms with Gasteiger partial charge in [0.25, 0.3) is 5.89 Å². The van der Waals surface area contributed by atoms with E-state index < -0.39 is 11.9 Å². The van der Waals surface area contributed by atoms with Gasteiger partial charge in [0.1, 0.15) is 6.04 Å². The lowest BCUT2D eigenvalue weighted by atomic mass is 9.99. The van der Waals surface area contributed by atoms with Crippen molar-refractivity contribution in [3.8, 4) is 11.5 Å². The first-order valence-electron chi connectivity index (χ1n) is 10.3. The third-order valence-corrected chi connectivity index (χ3v) is 6.33. The topological polar surface area (TPSA) is 123 Å². The lowest BCUT2D eigenvalue weighted by Crippen LogP contribution is -2.41. The molecule has 1 unspecified atom stereocenters. The van der Waals surface area contributed by atoms with Crippen LogP contribution in [0.15, 0.2) is 41.3 Å². The SMILES string of the molecule is Cc1c(-c2nnc(C(=O)N3CCc4[nH]cnc4C3c3cc4c(Cl)cccn4n3)o2)cnn1C. The van der Waals surface area contributed by atoms with Gasteiger partial charge < -0.3 is 14.3 Å². The minimum absolute atomic E-state index is 0.0981. The summed E-state index contributed by atoms with van der Waals surface area (Å²) in [5.41, 5.74) is 4.63. The van der Waals surface area contributed by atoms with Gasteiger partial charge in [-0.2, -0.15) is 10.2 Å². The molecule has 0 radical (unpaired) electrons. The zero-order valence-electron chi connectivity index (χ0n) is 17.7. The number of nitrogens with one attached hydrogen (secondary N) is 1. The van der Waals surface area contributed by atoms with E-state index in [1.807, 2.05) is 32.3 Å². The predicted molar refractivity (Wildman–Crippen MR) is 117 cm³/mol. The second-order valence-electron chi connectivity index (χ2n) is 7.85. The fourth-order valence-corrected chi connectivity index (χ4v) is 4.39. The Morgan fingerprint density at radius 2 is 2.21 bits per heavy atom. The number of nitrogens with zero attached hydrogens (tertiary/aromatic N) is 8. The Labute approximate surface area is 192 Å². The Morgan fingerprint density at radius 3 is 3.00 bits per heavy atom. The van der Waals surface area contributed by atoms with Crippen LogP contribution in [0.2, 0.25) is 5.02 Å². The van der Waals surface area contributed by atoms with Gasteiger partial charge in [0.05, 0.1) is 40.0 Å². The average molecular weight is 464 g/mol. The number of rotatable bonds is 3. The van der Waals surface area contributed by atoms with Gasteiger partial charge in [0.2, 0.25) is 0 Å². The van der Waals surface area contributed by atoms with Gasteiger partial charge in [-0.15, -0.1) is 10.2 Å². The van der Waals surface area contributed by atoms with E-state index in [-0.39, 0.29) is 11.8 Å².